The van der Waals surface area contributed by atoms with Crippen LogP contribution in [0.25, 0.3) is 0 Å². The van der Waals surface area contributed by atoms with E-state index >= 15 is 0 Å². The fourth-order valence-corrected chi connectivity index (χ4v) is 2.72. The summed E-state index contributed by atoms with van der Waals surface area (Å²) in [5.41, 5.74) is 2.43. The number of likely N-dealkylation sites (N-methyl/N-ethyl adjacent to an activating group) is 1. The minimum absolute atomic E-state index is 0.00175. The smallest absolute Gasteiger partial charge is 0.244 e. The van der Waals surface area contributed by atoms with E-state index in [0.717, 1.165) is 21.5 Å². The van der Waals surface area contributed by atoms with Crippen LogP contribution in [0.4, 0.5) is 5.69 Å². The molecule has 2 aromatic rings. The molecule has 0 saturated carbocycles. The van der Waals surface area contributed by atoms with Crippen LogP contribution in [0.5, 0.6) is 0 Å². The average molecular weight is 394 g/mol. The monoisotopic (exact) mass is 393 g/mol. The summed E-state index contributed by atoms with van der Waals surface area (Å²) >= 11 is 3.37. The summed E-state index contributed by atoms with van der Waals surface area (Å²) in [5.74, 6) is 0.391. The van der Waals surface area contributed by atoms with Crippen LogP contribution in [0, 0.1) is 13.8 Å². The number of carbonyl (C=O) groups excluding carboxylic acids is 2. The summed E-state index contributed by atoms with van der Waals surface area (Å²) in [6.45, 7) is 3.68. The number of hydrogen-bond donors (Lipinski definition) is 1. The van der Waals surface area contributed by atoms with E-state index < -0.39 is 0 Å². The molecule has 0 aliphatic rings. The van der Waals surface area contributed by atoms with Crippen LogP contribution < -0.4 is 5.32 Å². The van der Waals surface area contributed by atoms with Gasteiger partial charge in [-0.1, -0.05) is 17.3 Å². The van der Waals surface area contributed by atoms with Crippen LogP contribution in [-0.2, 0) is 16.0 Å². The molecule has 0 fully saturated rings. The molecule has 128 valence electrons. The molecule has 1 heterocycles. The number of aromatic nitrogens is 1. The topological polar surface area (TPSA) is 75.4 Å². The lowest BCUT2D eigenvalue weighted by molar-refractivity contribution is -0.133. The second-order valence-corrected chi connectivity index (χ2v) is 6.43. The molecule has 1 N–H and O–H groups in total. The van der Waals surface area contributed by atoms with Crippen LogP contribution in [0.1, 0.15) is 23.4 Å². The minimum Gasteiger partial charge on any atom is -0.361 e. The number of nitrogens with one attached hydrogen (secondary N) is 1. The van der Waals surface area contributed by atoms with Crippen molar-refractivity contribution in [3.05, 3.63) is 45.8 Å². The molecule has 24 heavy (non-hydrogen) atoms. The van der Waals surface area contributed by atoms with Crippen molar-refractivity contribution in [2.45, 2.75) is 26.7 Å². The summed E-state index contributed by atoms with van der Waals surface area (Å²) in [6.07, 6.45) is 0.859. The first kappa shape index (κ1) is 18.2. The van der Waals surface area contributed by atoms with E-state index in [-0.39, 0.29) is 18.4 Å². The summed E-state index contributed by atoms with van der Waals surface area (Å²) in [4.78, 5) is 25.7. The first-order valence-corrected chi connectivity index (χ1v) is 8.38. The molecule has 6 nitrogen and oxygen atoms in total. The molecule has 0 aliphatic carbocycles. The highest BCUT2D eigenvalue weighted by molar-refractivity contribution is 9.10. The van der Waals surface area contributed by atoms with E-state index in [9.17, 15) is 9.59 Å². The number of halogens is 1. The number of aryl methyl sites for hydroxylation is 2. The van der Waals surface area contributed by atoms with Gasteiger partial charge in [0.05, 0.1) is 17.9 Å². The maximum atomic E-state index is 12.2. The van der Waals surface area contributed by atoms with Gasteiger partial charge in [-0.2, -0.15) is 0 Å². The first-order chi connectivity index (χ1) is 11.4. The maximum Gasteiger partial charge on any atom is 0.244 e. The van der Waals surface area contributed by atoms with Crippen molar-refractivity contribution in [3.63, 3.8) is 0 Å². The van der Waals surface area contributed by atoms with Gasteiger partial charge in [-0.05, 0) is 48.3 Å². The number of para-hydroxylation sites is 1. The van der Waals surface area contributed by atoms with Crippen molar-refractivity contribution < 1.29 is 14.1 Å². The SMILES string of the molecule is Cc1noc(C)c1CCC(=O)N(C)CC(=O)Nc1ccccc1Br. The average Bonchev–Trinajstić information content (AvgIpc) is 2.85. The van der Waals surface area contributed by atoms with E-state index in [1.807, 2.05) is 32.0 Å². The Balaban J connectivity index is 1.85. The third kappa shape index (κ3) is 4.67. The Hall–Kier alpha value is -2.15. The summed E-state index contributed by atoms with van der Waals surface area (Å²) < 4.78 is 5.88. The normalized spacial score (nSPS) is 10.5. The highest BCUT2D eigenvalue weighted by Gasteiger charge is 2.16. The van der Waals surface area contributed by atoms with E-state index in [1.165, 1.54) is 4.90 Å². The van der Waals surface area contributed by atoms with E-state index in [1.54, 1.807) is 13.1 Å². The number of carbonyl (C=O) groups is 2. The van der Waals surface area contributed by atoms with Gasteiger partial charge in [-0.3, -0.25) is 9.59 Å². The molecule has 2 amide bonds. The zero-order valence-electron chi connectivity index (χ0n) is 13.9. The molecule has 0 atom stereocenters. The lowest BCUT2D eigenvalue weighted by atomic mass is 10.1. The van der Waals surface area contributed by atoms with Crippen molar-refractivity contribution in [2.24, 2.45) is 0 Å². The number of anilines is 1. The molecular formula is C17H20BrN3O3. The molecule has 0 unspecified atom stereocenters. The second kappa shape index (κ2) is 8.10. The molecule has 0 aliphatic heterocycles. The Morgan fingerprint density at radius 2 is 2.00 bits per heavy atom. The Morgan fingerprint density at radius 1 is 1.29 bits per heavy atom. The lowest BCUT2D eigenvalue weighted by Crippen LogP contribution is -2.35. The van der Waals surface area contributed by atoms with Crippen molar-refractivity contribution in [1.82, 2.24) is 10.1 Å². The van der Waals surface area contributed by atoms with Crippen molar-refractivity contribution in [2.75, 3.05) is 18.9 Å². The quantitative estimate of drug-likeness (QED) is 0.817. The van der Waals surface area contributed by atoms with Gasteiger partial charge in [0, 0.05) is 23.5 Å². The Labute approximate surface area is 149 Å². The van der Waals surface area contributed by atoms with Gasteiger partial charge in [0.2, 0.25) is 11.8 Å². The zero-order chi connectivity index (χ0) is 17.7. The van der Waals surface area contributed by atoms with E-state index in [0.29, 0.717) is 18.5 Å². The van der Waals surface area contributed by atoms with Crippen LogP contribution in [0.3, 0.4) is 0 Å². The molecular weight excluding hydrogens is 374 g/mol. The number of amides is 2. The highest BCUT2D eigenvalue weighted by Crippen LogP contribution is 2.21. The summed E-state index contributed by atoms with van der Waals surface area (Å²) in [5, 5.41) is 6.65. The number of rotatable bonds is 6. The summed E-state index contributed by atoms with van der Waals surface area (Å²) in [7, 11) is 1.62. The van der Waals surface area contributed by atoms with Gasteiger partial charge in [0.25, 0.3) is 0 Å². The molecule has 0 bridgehead atoms. The first-order valence-electron chi connectivity index (χ1n) is 7.58. The van der Waals surface area contributed by atoms with Crippen molar-refractivity contribution in [3.8, 4) is 0 Å². The molecule has 0 saturated heterocycles. The van der Waals surface area contributed by atoms with Gasteiger partial charge < -0.3 is 14.7 Å². The van der Waals surface area contributed by atoms with Crippen LogP contribution >= 0.6 is 15.9 Å². The van der Waals surface area contributed by atoms with Gasteiger partial charge in [0.15, 0.2) is 0 Å². The zero-order valence-corrected chi connectivity index (χ0v) is 15.5. The van der Waals surface area contributed by atoms with Crippen LogP contribution in [-0.4, -0.2) is 35.5 Å². The number of hydrogen-bond acceptors (Lipinski definition) is 4. The molecule has 0 spiro atoms. The molecule has 7 heteroatoms. The Kier molecular flexibility index (Phi) is 6.14. The standard InChI is InChI=1S/C17H20BrN3O3/c1-11-13(12(2)24-20-11)8-9-17(23)21(3)10-16(22)19-15-7-5-4-6-14(15)18/h4-7H,8-10H2,1-3H3,(H,19,22). The van der Waals surface area contributed by atoms with Crippen molar-refractivity contribution in [1.29, 1.82) is 0 Å². The Morgan fingerprint density at radius 3 is 2.62 bits per heavy atom. The second-order valence-electron chi connectivity index (χ2n) is 5.58. The minimum atomic E-state index is -0.241. The van der Waals surface area contributed by atoms with Crippen molar-refractivity contribution >= 4 is 33.4 Å². The molecule has 2 rings (SSSR count). The van der Waals surface area contributed by atoms with Crippen LogP contribution in [0.2, 0.25) is 0 Å². The molecule has 1 aromatic carbocycles. The lowest BCUT2D eigenvalue weighted by Gasteiger charge is -2.17. The molecule has 1 aromatic heterocycles. The predicted molar refractivity (Wildman–Crippen MR) is 94.7 cm³/mol. The fraction of sp³-hybridized carbons (Fsp3) is 0.353. The van der Waals surface area contributed by atoms with Gasteiger partial charge in [-0.15, -0.1) is 0 Å². The largest absolute Gasteiger partial charge is 0.361 e. The van der Waals surface area contributed by atoms with Gasteiger partial charge in [-0.25, -0.2) is 0 Å². The highest BCUT2D eigenvalue weighted by atomic mass is 79.9. The van der Waals surface area contributed by atoms with Gasteiger partial charge in [0.1, 0.15) is 5.76 Å². The Bertz CT molecular complexity index is 723. The summed E-state index contributed by atoms with van der Waals surface area (Å²) in [6, 6.07) is 7.33. The van der Waals surface area contributed by atoms with Crippen LogP contribution in [0.15, 0.2) is 33.3 Å². The maximum absolute atomic E-state index is 12.2. The number of benzene rings is 1. The molecule has 0 radical (unpaired) electrons. The third-order valence-corrected chi connectivity index (χ3v) is 4.42. The third-order valence-electron chi connectivity index (χ3n) is 3.72. The fourth-order valence-electron chi connectivity index (χ4n) is 2.34. The van der Waals surface area contributed by atoms with E-state index in [2.05, 4.69) is 26.4 Å². The van der Waals surface area contributed by atoms with E-state index in [4.69, 9.17) is 4.52 Å². The van der Waals surface area contributed by atoms with Gasteiger partial charge >= 0.3 is 0 Å². The number of nitrogens with zero attached hydrogens (tertiary/aromatic N) is 2. The predicted octanol–water partition coefficient (Wildman–Crippen LogP) is 3.08.